The maximum Gasteiger partial charge on any atom is 0.259 e. The number of carbonyl (C=O) groups is 1. The first kappa shape index (κ1) is 18.0. The van der Waals surface area contributed by atoms with Crippen molar-refractivity contribution in [1.82, 2.24) is 9.88 Å². The third-order valence-corrected chi connectivity index (χ3v) is 4.48. The molecule has 1 aliphatic rings. The Kier molecular flexibility index (Phi) is 5.58. The first-order valence-electron chi connectivity index (χ1n) is 8.54. The second-order valence-corrected chi connectivity index (χ2v) is 6.19. The standard InChI is InChI=1S/C19H24N4O3/c1-22-9-11-23(12-10-22)18-15(5-4-8-20-18)19(24)21-14-6-7-16(25-2)17(13-14)26-3/h4-8,13H,9-12H2,1-3H3,(H,21,24). The topological polar surface area (TPSA) is 66.9 Å². The van der Waals surface area contributed by atoms with Gasteiger partial charge in [-0.05, 0) is 31.3 Å². The molecule has 2 aromatic rings. The molecule has 0 unspecified atom stereocenters. The molecule has 1 saturated heterocycles. The van der Waals surface area contributed by atoms with Crippen molar-refractivity contribution in [3.63, 3.8) is 0 Å². The summed E-state index contributed by atoms with van der Waals surface area (Å²) in [6.45, 7) is 3.61. The number of nitrogens with zero attached hydrogens (tertiary/aromatic N) is 3. The lowest BCUT2D eigenvalue weighted by atomic mass is 10.2. The molecule has 1 fully saturated rings. The number of rotatable bonds is 5. The fourth-order valence-electron chi connectivity index (χ4n) is 2.96. The molecule has 26 heavy (non-hydrogen) atoms. The highest BCUT2D eigenvalue weighted by Crippen LogP contribution is 2.30. The lowest BCUT2D eigenvalue weighted by Gasteiger charge is -2.34. The number of hydrogen-bond acceptors (Lipinski definition) is 6. The van der Waals surface area contributed by atoms with Crippen molar-refractivity contribution < 1.29 is 14.3 Å². The van der Waals surface area contributed by atoms with Crippen LogP contribution in [0.15, 0.2) is 36.5 Å². The van der Waals surface area contributed by atoms with E-state index >= 15 is 0 Å². The van der Waals surface area contributed by atoms with Crippen LogP contribution in [0.5, 0.6) is 11.5 Å². The van der Waals surface area contributed by atoms with Gasteiger partial charge in [-0.25, -0.2) is 4.98 Å². The summed E-state index contributed by atoms with van der Waals surface area (Å²) in [5, 5.41) is 2.92. The molecule has 7 nitrogen and oxygen atoms in total. The van der Waals surface area contributed by atoms with E-state index in [1.54, 1.807) is 50.7 Å². The molecule has 2 heterocycles. The van der Waals surface area contributed by atoms with Crippen LogP contribution in [0.25, 0.3) is 0 Å². The number of piperazine rings is 1. The average molecular weight is 356 g/mol. The molecule has 0 saturated carbocycles. The maximum atomic E-state index is 12.8. The minimum Gasteiger partial charge on any atom is -0.493 e. The van der Waals surface area contributed by atoms with E-state index in [0.717, 1.165) is 32.0 Å². The smallest absolute Gasteiger partial charge is 0.259 e. The van der Waals surface area contributed by atoms with Gasteiger partial charge in [0.05, 0.1) is 19.8 Å². The van der Waals surface area contributed by atoms with Crippen LogP contribution in [0.1, 0.15) is 10.4 Å². The summed E-state index contributed by atoms with van der Waals surface area (Å²) in [6, 6.07) is 8.87. The summed E-state index contributed by atoms with van der Waals surface area (Å²) in [6.07, 6.45) is 1.72. The van der Waals surface area contributed by atoms with E-state index in [4.69, 9.17) is 9.47 Å². The van der Waals surface area contributed by atoms with Gasteiger partial charge in [0.25, 0.3) is 5.91 Å². The summed E-state index contributed by atoms with van der Waals surface area (Å²) >= 11 is 0. The SMILES string of the molecule is COc1ccc(NC(=O)c2cccnc2N2CCN(C)CC2)cc1OC. The fourth-order valence-corrected chi connectivity index (χ4v) is 2.96. The number of amides is 1. The molecule has 1 amide bonds. The highest BCUT2D eigenvalue weighted by atomic mass is 16.5. The van der Waals surface area contributed by atoms with Crippen LogP contribution >= 0.6 is 0 Å². The number of carbonyl (C=O) groups excluding carboxylic acids is 1. The second-order valence-electron chi connectivity index (χ2n) is 6.19. The zero-order valence-corrected chi connectivity index (χ0v) is 15.4. The quantitative estimate of drug-likeness (QED) is 0.885. The van der Waals surface area contributed by atoms with Crippen LogP contribution in [0.2, 0.25) is 0 Å². The molecule has 0 atom stereocenters. The second kappa shape index (κ2) is 8.05. The summed E-state index contributed by atoms with van der Waals surface area (Å²) in [5.74, 6) is 1.71. The number of ether oxygens (including phenoxy) is 2. The first-order valence-corrected chi connectivity index (χ1v) is 8.54. The molecule has 3 rings (SSSR count). The van der Waals surface area contributed by atoms with E-state index in [0.29, 0.717) is 22.7 Å². The molecular weight excluding hydrogens is 332 g/mol. The van der Waals surface area contributed by atoms with E-state index in [9.17, 15) is 4.79 Å². The fraction of sp³-hybridized carbons (Fsp3) is 0.368. The first-order chi connectivity index (χ1) is 12.6. The van der Waals surface area contributed by atoms with Gasteiger partial charge in [0.1, 0.15) is 5.82 Å². The predicted molar refractivity (Wildman–Crippen MR) is 101 cm³/mol. The Hall–Kier alpha value is -2.80. The minimum absolute atomic E-state index is 0.195. The number of pyridine rings is 1. The molecular formula is C19H24N4O3. The summed E-state index contributed by atoms with van der Waals surface area (Å²) in [7, 11) is 5.24. The average Bonchev–Trinajstić information content (AvgIpc) is 2.68. The van der Waals surface area contributed by atoms with Crippen molar-refractivity contribution in [3.05, 3.63) is 42.1 Å². The van der Waals surface area contributed by atoms with Crippen LogP contribution in [0.4, 0.5) is 11.5 Å². The normalized spacial score (nSPS) is 14.8. The van der Waals surface area contributed by atoms with Gasteiger partial charge in [0.2, 0.25) is 0 Å². The van der Waals surface area contributed by atoms with Crippen molar-refractivity contribution in [2.45, 2.75) is 0 Å². The summed E-state index contributed by atoms with van der Waals surface area (Å²) in [4.78, 5) is 21.7. The van der Waals surface area contributed by atoms with Gasteiger partial charge in [-0.15, -0.1) is 0 Å². The molecule has 0 bridgehead atoms. The van der Waals surface area contributed by atoms with Gasteiger partial charge in [0.15, 0.2) is 11.5 Å². The molecule has 0 aliphatic carbocycles. The predicted octanol–water partition coefficient (Wildman–Crippen LogP) is 2.10. The number of likely N-dealkylation sites (N-methyl/N-ethyl adjacent to an activating group) is 1. The van der Waals surface area contributed by atoms with Crippen molar-refractivity contribution in [2.24, 2.45) is 0 Å². The number of methoxy groups -OCH3 is 2. The highest BCUT2D eigenvalue weighted by Gasteiger charge is 2.21. The van der Waals surface area contributed by atoms with Crippen molar-refractivity contribution in [2.75, 3.05) is 57.7 Å². The molecule has 1 aliphatic heterocycles. The number of nitrogens with one attached hydrogen (secondary N) is 1. The van der Waals surface area contributed by atoms with Gasteiger partial charge < -0.3 is 24.6 Å². The number of benzene rings is 1. The van der Waals surface area contributed by atoms with Gasteiger partial charge in [-0.3, -0.25) is 4.79 Å². The molecule has 0 radical (unpaired) electrons. The maximum absolute atomic E-state index is 12.8. The van der Waals surface area contributed by atoms with E-state index in [2.05, 4.69) is 27.1 Å². The Balaban J connectivity index is 1.80. The molecule has 1 N–H and O–H groups in total. The van der Waals surface area contributed by atoms with E-state index in [1.165, 1.54) is 0 Å². The molecule has 1 aromatic heterocycles. The monoisotopic (exact) mass is 356 g/mol. The zero-order valence-electron chi connectivity index (χ0n) is 15.4. The van der Waals surface area contributed by atoms with Crippen LogP contribution in [-0.2, 0) is 0 Å². The summed E-state index contributed by atoms with van der Waals surface area (Å²) < 4.78 is 10.5. The Labute approximate surface area is 153 Å². The van der Waals surface area contributed by atoms with Gasteiger partial charge in [0, 0.05) is 44.1 Å². The van der Waals surface area contributed by atoms with Crippen molar-refractivity contribution >= 4 is 17.4 Å². The third kappa shape index (κ3) is 3.88. The molecule has 138 valence electrons. The van der Waals surface area contributed by atoms with Crippen molar-refractivity contribution in [1.29, 1.82) is 0 Å². The summed E-state index contributed by atoms with van der Waals surface area (Å²) in [5.41, 5.74) is 1.20. The zero-order chi connectivity index (χ0) is 18.5. The molecule has 7 heteroatoms. The van der Waals surface area contributed by atoms with Crippen molar-refractivity contribution in [3.8, 4) is 11.5 Å². The van der Waals surface area contributed by atoms with Crippen LogP contribution in [0.3, 0.4) is 0 Å². The minimum atomic E-state index is -0.195. The van der Waals surface area contributed by atoms with Crippen LogP contribution in [0, 0.1) is 0 Å². The number of hydrogen-bond donors (Lipinski definition) is 1. The Bertz CT molecular complexity index is 773. The van der Waals surface area contributed by atoms with Gasteiger partial charge in [-0.2, -0.15) is 0 Å². The Morgan fingerprint density at radius 2 is 1.81 bits per heavy atom. The number of anilines is 2. The molecule has 0 spiro atoms. The van der Waals surface area contributed by atoms with Gasteiger partial charge in [-0.1, -0.05) is 0 Å². The Morgan fingerprint density at radius 1 is 1.08 bits per heavy atom. The largest absolute Gasteiger partial charge is 0.493 e. The highest BCUT2D eigenvalue weighted by molar-refractivity contribution is 6.07. The third-order valence-electron chi connectivity index (χ3n) is 4.48. The van der Waals surface area contributed by atoms with E-state index < -0.39 is 0 Å². The van der Waals surface area contributed by atoms with Crippen LogP contribution < -0.4 is 19.7 Å². The van der Waals surface area contributed by atoms with Crippen LogP contribution in [-0.4, -0.2) is 63.2 Å². The Morgan fingerprint density at radius 3 is 2.50 bits per heavy atom. The van der Waals surface area contributed by atoms with E-state index in [1.807, 2.05) is 0 Å². The number of aromatic nitrogens is 1. The lowest BCUT2D eigenvalue weighted by molar-refractivity contribution is 0.102. The van der Waals surface area contributed by atoms with E-state index in [-0.39, 0.29) is 5.91 Å². The lowest BCUT2D eigenvalue weighted by Crippen LogP contribution is -2.45. The molecule has 1 aromatic carbocycles. The van der Waals surface area contributed by atoms with Gasteiger partial charge >= 0.3 is 0 Å².